The zero-order valence-electron chi connectivity index (χ0n) is 11.4. The molecule has 1 fully saturated rings. The Hall–Kier alpha value is -1.69. The highest BCUT2D eigenvalue weighted by Gasteiger charge is 2.15. The van der Waals surface area contributed by atoms with E-state index in [0.717, 1.165) is 44.0 Å². The molecular formula is C13H21N5O. The number of anilines is 1. The summed E-state index contributed by atoms with van der Waals surface area (Å²) in [6, 6.07) is 0. The number of nitrogens with one attached hydrogen (secondary N) is 2. The molecule has 6 nitrogen and oxygen atoms in total. The fourth-order valence-corrected chi connectivity index (χ4v) is 2.01. The highest BCUT2D eigenvalue weighted by atomic mass is 16.2. The van der Waals surface area contributed by atoms with Crippen LogP contribution in [0.15, 0.2) is 12.4 Å². The average molecular weight is 263 g/mol. The van der Waals surface area contributed by atoms with E-state index in [0.29, 0.717) is 13.1 Å². The first kappa shape index (κ1) is 13.7. The second kappa shape index (κ2) is 7.04. The van der Waals surface area contributed by atoms with Crippen molar-refractivity contribution >= 4 is 11.7 Å². The maximum Gasteiger partial charge on any atom is 0.234 e. The van der Waals surface area contributed by atoms with Crippen LogP contribution < -0.4 is 10.6 Å². The molecule has 2 heterocycles. The van der Waals surface area contributed by atoms with Gasteiger partial charge in [-0.1, -0.05) is 6.92 Å². The molecule has 0 atom stereocenters. The fraction of sp³-hybridized carbons (Fsp3) is 0.615. The van der Waals surface area contributed by atoms with Crippen LogP contribution in [-0.4, -0.2) is 47.0 Å². The number of rotatable bonds is 5. The first-order chi connectivity index (χ1) is 9.28. The van der Waals surface area contributed by atoms with Crippen molar-refractivity contribution in [3.8, 4) is 0 Å². The van der Waals surface area contributed by atoms with Crippen LogP contribution in [0.4, 0.5) is 5.82 Å². The maximum absolute atomic E-state index is 11.5. The molecule has 2 rings (SSSR count). The molecule has 1 aliphatic rings. The molecule has 104 valence electrons. The van der Waals surface area contributed by atoms with E-state index in [-0.39, 0.29) is 5.91 Å². The largest absolute Gasteiger partial charge is 0.369 e. The summed E-state index contributed by atoms with van der Waals surface area (Å²) in [5.41, 5.74) is 0.900. The zero-order valence-corrected chi connectivity index (χ0v) is 11.4. The molecule has 0 spiro atoms. The van der Waals surface area contributed by atoms with Crippen molar-refractivity contribution in [3.63, 3.8) is 0 Å². The van der Waals surface area contributed by atoms with Crippen molar-refractivity contribution in [2.75, 3.05) is 31.5 Å². The van der Waals surface area contributed by atoms with Crippen molar-refractivity contribution < 1.29 is 4.79 Å². The minimum absolute atomic E-state index is 0.0895. The molecule has 1 aromatic heterocycles. The third-order valence-corrected chi connectivity index (χ3v) is 2.99. The third-order valence-electron chi connectivity index (χ3n) is 2.99. The summed E-state index contributed by atoms with van der Waals surface area (Å²) in [4.78, 5) is 22.3. The molecule has 0 bridgehead atoms. The second-order valence-electron chi connectivity index (χ2n) is 4.73. The van der Waals surface area contributed by atoms with E-state index >= 15 is 0 Å². The van der Waals surface area contributed by atoms with Crippen LogP contribution in [-0.2, 0) is 11.3 Å². The molecule has 19 heavy (non-hydrogen) atoms. The molecule has 6 heteroatoms. The van der Waals surface area contributed by atoms with Crippen LogP contribution in [0.3, 0.4) is 0 Å². The van der Waals surface area contributed by atoms with Gasteiger partial charge in [0.15, 0.2) is 0 Å². The lowest BCUT2D eigenvalue weighted by molar-refractivity contribution is -0.121. The average Bonchev–Trinajstić information content (AvgIpc) is 2.62. The molecule has 1 aliphatic heterocycles. The monoisotopic (exact) mass is 263 g/mol. The minimum Gasteiger partial charge on any atom is -0.369 e. The number of hydrogen-bond donors (Lipinski definition) is 2. The van der Waals surface area contributed by atoms with Gasteiger partial charge < -0.3 is 10.6 Å². The second-order valence-corrected chi connectivity index (χ2v) is 4.73. The van der Waals surface area contributed by atoms with E-state index in [1.54, 1.807) is 12.4 Å². The Morgan fingerprint density at radius 1 is 1.42 bits per heavy atom. The Morgan fingerprint density at radius 2 is 2.32 bits per heavy atom. The maximum atomic E-state index is 11.5. The molecule has 0 saturated carbocycles. The van der Waals surface area contributed by atoms with Gasteiger partial charge >= 0.3 is 0 Å². The summed E-state index contributed by atoms with van der Waals surface area (Å²) in [6.45, 7) is 5.81. The van der Waals surface area contributed by atoms with Crippen molar-refractivity contribution in [2.24, 2.45) is 0 Å². The minimum atomic E-state index is 0.0895. The summed E-state index contributed by atoms with van der Waals surface area (Å²) in [5, 5.41) is 6.06. The van der Waals surface area contributed by atoms with Crippen LogP contribution in [0, 0.1) is 0 Å². The van der Waals surface area contributed by atoms with Crippen LogP contribution in [0.5, 0.6) is 0 Å². The Bertz CT molecular complexity index is 406. The lowest BCUT2D eigenvalue weighted by atomic mass is 10.3. The summed E-state index contributed by atoms with van der Waals surface area (Å²) < 4.78 is 0. The first-order valence-electron chi connectivity index (χ1n) is 6.82. The standard InChI is InChI=1S/C13H21N5O/c1-2-4-14-12-8-16-11(7-17-12)9-18-6-3-5-15-13(19)10-18/h7-8H,2-6,9-10H2,1H3,(H,14,17)(H,15,19). The highest BCUT2D eigenvalue weighted by molar-refractivity contribution is 5.78. The van der Waals surface area contributed by atoms with Crippen molar-refractivity contribution in [1.29, 1.82) is 0 Å². The van der Waals surface area contributed by atoms with E-state index in [2.05, 4.69) is 32.4 Å². The molecule has 2 N–H and O–H groups in total. The van der Waals surface area contributed by atoms with Crippen molar-refractivity contribution in [2.45, 2.75) is 26.3 Å². The molecule has 1 aromatic rings. The topological polar surface area (TPSA) is 70.2 Å². The Morgan fingerprint density at radius 3 is 3.05 bits per heavy atom. The van der Waals surface area contributed by atoms with Gasteiger partial charge in [-0.05, 0) is 12.8 Å². The Labute approximate surface area is 113 Å². The molecule has 1 amide bonds. The Kier molecular flexibility index (Phi) is 5.09. The SMILES string of the molecule is CCCNc1cnc(CN2CCCNC(=O)C2)cn1. The quantitative estimate of drug-likeness (QED) is 0.815. The normalized spacial score (nSPS) is 16.8. The van der Waals surface area contributed by atoms with Crippen molar-refractivity contribution in [3.05, 3.63) is 18.1 Å². The van der Waals surface area contributed by atoms with Gasteiger partial charge in [-0.25, -0.2) is 4.98 Å². The van der Waals surface area contributed by atoms with Gasteiger partial charge in [0, 0.05) is 26.2 Å². The third kappa shape index (κ3) is 4.48. The summed E-state index contributed by atoms with van der Waals surface area (Å²) in [5.74, 6) is 0.894. The van der Waals surface area contributed by atoms with Gasteiger partial charge in [0.25, 0.3) is 0 Å². The predicted molar refractivity (Wildman–Crippen MR) is 73.7 cm³/mol. The van der Waals surface area contributed by atoms with Crippen LogP contribution in [0.1, 0.15) is 25.5 Å². The molecule has 0 aromatic carbocycles. The number of carbonyl (C=O) groups excluding carboxylic acids is 1. The van der Waals surface area contributed by atoms with Crippen molar-refractivity contribution in [1.82, 2.24) is 20.2 Å². The number of nitrogens with zero attached hydrogens (tertiary/aromatic N) is 3. The summed E-state index contributed by atoms with van der Waals surface area (Å²) in [6.07, 6.45) is 5.57. The highest BCUT2D eigenvalue weighted by Crippen LogP contribution is 2.06. The van der Waals surface area contributed by atoms with Crippen LogP contribution >= 0.6 is 0 Å². The van der Waals surface area contributed by atoms with Crippen LogP contribution in [0.2, 0.25) is 0 Å². The van der Waals surface area contributed by atoms with E-state index in [1.165, 1.54) is 0 Å². The molecular weight excluding hydrogens is 242 g/mol. The molecule has 0 radical (unpaired) electrons. The number of aromatic nitrogens is 2. The zero-order chi connectivity index (χ0) is 13.5. The summed E-state index contributed by atoms with van der Waals surface area (Å²) >= 11 is 0. The van der Waals surface area contributed by atoms with E-state index in [9.17, 15) is 4.79 Å². The lowest BCUT2D eigenvalue weighted by Crippen LogP contribution is -2.32. The van der Waals surface area contributed by atoms with Gasteiger partial charge in [0.05, 0.1) is 24.6 Å². The smallest absolute Gasteiger partial charge is 0.234 e. The van der Waals surface area contributed by atoms with Gasteiger partial charge in [0.1, 0.15) is 5.82 Å². The number of hydrogen-bond acceptors (Lipinski definition) is 5. The lowest BCUT2D eigenvalue weighted by Gasteiger charge is -2.17. The van der Waals surface area contributed by atoms with Gasteiger partial charge in [-0.2, -0.15) is 0 Å². The summed E-state index contributed by atoms with van der Waals surface area (Å²) in [7, 11) is 0. The van der Waals surface area contributed by atoms with E-state index in [1.807, 2.05) is 0 Å². The van der Waals surface area contributed by atoms with Gasteiger partial charge in [0.2, 0.25) is 5.91 Å². The number of carbonyl (C=O) groups is 1. The van der Waals surface area contributed by atoms with Gasteiger partial charge in [-0.3, -0.25) is 14.7 Å². The molecule has 0 aliphatic carbocycles. The van der Waals surface area contributed by atoms with Gasteiger partial charge in [-0.15, -0.1) is 0 Å². The predicted octanol–water partition coefficient (Wildman–Crippen LogP) is 0.620. The molecule has 1 saturated heterocycles. The van der Waals surface area contributed by atoms with E-state index < -0.39 is 0 Å². The van der Waals surface area contributed by atoms with Crippen LogP contribution in [0.25, 0.3) is 0 Å². The first-order valence-corrected chi connectivity index (χ1v) is 6.82. The molecule has 0 unspecified atom stereocenters. The Balaban J connectivity index is 1.89. The fourth-order valence-electron chi connectivity index (χ4n) is 2.01. The van der Waals surface area contributed by atoms with E-state index in [4.69, 9.17) is 0 Å². The number of amides is 1.